The van der Waals surface area contributed by atoms with E-state index in [2.05, 4.69) is 21.2 Å². The molecular weight excluding hydrogens is 520 g/mol. The second-order valence-corrected chi connectivity index (χ2v) is 12.5. The molecule has 2 N–H and O–H groups in total. The van der Waals surface area contributed by atoms with E-state index < -0.39 is 33.9 Å². The fourth-order valence-electron chi connectivity index (χ4n) is 3.38. The lowest BCUT2D eigenvalue weighted by Crippen LogP contribution is -2.51. The molecule has 2 aromatic carbocycles. The number of carbonyl (C=O) groups excluding carboxylic acids is 1. The Hall–Kier alpha value is -1.94. The first-order valence-corrected chi connectivity index (χ1v) is 13.5. The fourth-order valence-corrected chi connectivity index (χ4v) is 5.27. The van der Waals surface area contributed by atoms with Crippen LogP contribution in [0.2, 0.25) is 0 Å². The van der Waals surface area contributed by atoms with Crippen molar-refractivity contribution >= 4 is 32.0 Å². The molecule has 0 aliphatic rings. The van der Waals surface area contributed by atoms with E-state index in [0.717, 1.165) is 10.0 Å². The Morgan fingerprint density at radius 3 is 2.18 bits per heavy atom. The van der Waals surface area contributed by atoms with Gasteiger partial charge in [0.2, 0.25) is 10.0 Å². The number of hydrogen-bond donors (Lipinski definition) is 2. The molecule has 0 aliphatic heterocycles. The van der Waals surface area contributed by atoms with Crippen LogP contribution in [0.25, 0.3) is 0 Å². The highest BCUT2D eigenvalue weighted by molar-refractivity contribution is 9.10. The second kappa shape index (κ2) is 12.2. The Bertz CT molecular complexity index is 1020. The van der Waals surface area contributed by atoms with Gasteiger partial charge in [-0.1, -0.05) is 60.1 Å². The van der Waals surface area contributed by atoms with Gasteiger partial charge in [0, 0.05) is 17.6 Å². The molecule has 0 spiro atoms. The van der Waals surface area contributed by atoms with E-state index in [1.54, 1.807) is 32.9 Å². The van der Waals surface area contributed by atoms with E-state index in [0.29, 0.717) is 6.42 Å². The minimum atomic E-state index is -3.86. The van der Waals surface area contributed by atoms with E-state index in [9.17, 15) is 18.3 Å². The zero-order chi connectivity index (χ0) is 25.5. The third-order valence-corrected chi connectivity index (χ3v) is 7.25. The lowest BCUT2D eigenvalue weighted by atomic mass is 10.0. The summed E-state index contributed by atoms with van der Waals surface area (Å²) in [6.45, 7) is 9.14. The van der Waals surface area contributed by atoms with Gasteiger partial charge in [0.15, 0.2) is 0 Å². The van der Waals surface area contributed by atoms with Crippen molar-refractivity contribution in [3.63, 3.8) is 0 Å². The highest BCUT2D eigenvalue weighted by Crippen LogP contribution is 2.21. The number of rotatable bonds is 10. The maximum absolute atomic E-state index is 13.4. The van der Waals surface area contributed by atoms with Crippen LogP contribution in [-0.4, -0.2) is 54.8 Å². The van der Waals surface area contributed by atoms with Crippen molar-refractivity contribution in [3.8, 4) is 0 Å². The largest absolute Gasteiger partial charge is 0.444 e. The van der Waals surface area contributed by atoms with Gasteiger partial charge in [-0.25, -0.2) is 13.2 Å². The Kier molecular flexibility index (Phi) is 10.1. The first-order chi connectivity index (χ1) is 15.8. The Morgan fingerprint density at radius 1 is 1.06 bits per heavy atom. The van der Waals surface area contributed by atoms with E-state index in [1.165, 1.54) is 16.4 Å². The fraction of sp³-hybridized carbons (Fsp3) is 0.480. The Morgan fingerprint density at radius 2 is 1.65 bits per heavy atom. The van der Waals surface area contributed by atoms with Gasteiger partial charge in [0.1, 0.15) is 5.60 Å². The second-order valence-electron chi connectivity index (χ2n) is 9.68. The number of aliphatic hydroxyl groups excluding tert-OH is 1. The number of ether oxygens (including phenoxy) is 1. The Balaban J connectivity index is 2.30. The molecule has 0 saturated heterocycles. The number of aliphatic hydroxyl groups is 1. The molecule has 0 fully saturated rings. The predicted octanol–water partition coefficient (Wildman–Crippen LogP) is 4.59. The molecule has 2 atom stereocenters. The van der Waals surface area contributed by atoms with Crippen LogP contribution in [0.4, 0.5) is 4.79 Å². The van der Waals surface area contributed by atoms with Crippen molar-refractivity contribution in [3.05, 3.63) is 64.6 Å². The van der Waals surface area contributed by atoms with Gasteiger partial charge in [-0.15, -0.1) is 0 Å². The van der Waals surface area contributed by atoms with Gasteiger partial charge in [-0.05, 0) is 62.9 Å². The summed E-state index contributed by atoms with van der Waals surface area (Å²) in [7, 11) is -3.86. The highest BCUT2D eigenvalue weighted by Gasteiger charge is 2.32. The average molecular weight is 556 g/mol. The first kappa shape index (κ1) is 28.3. The molecule has 34 heavy (non-hydrogen) atoms. The number of benzene rings is 2. The molecule has 0 aliphatic carbocycles. The molecule has 0 saturated carbocycles. The molecule has 0 unspecified atom stereocenters. The van der Waals surface area contributed by atoms with E-state index in [1.807, 2.05) is 44.2 Å². The summed E-state index contributed by atoms with van der Waals surface area (Å²) in [6, 6.07) is 15.0. The standard InChI is InChI=1S/C25H35BrN2O5S/c1-18(2)16-28(34(31,32)21-13-11-20(26)12-14-21)17-23(29)22(15-19-9-7-6-8-10-19)27-24(30)33-25(3,4)5/h6-14,18,22-23,29H,15-17H2,1-5H3,(H,27,30)/t22-,23+/m0/s1. The summed E-state index contributed by atoms with van der Waals surface area (Å²) in [5.74, 6) is 0.0313. The van der Waals surface area contributed by atoms with E-state index in [4.69, 9.17) is 4.74 Å². The van der Waals surface area contributed by atoms with Crippen LogP contribution >= 0.6 is 15.9 Å². The monoisotopic (exact) mass is 554 g/mol. The van der Waals surface area contributed by atoms with Crippen molar-refractivity contribution in [2.24, 2.45) is 5.92 Å². The zero-order valence-electron chi connectivity index (χ0n) is 20.4. The molecular formula is C25H35BrN2O5S. The third-order valence-electron chi connectivity index (χ3n) is 4.88. The van der Waals surface area contributed by atoms with Crippen molar-refractivity contribution in [2.75, 3.05) is 13.1 Å². The molecule has 0 aromatic heterocycles. The number of sulfonamides is 1. The topological polar surface area (TPSA) is 95.9 Å². The molecule has 0 radical (unpaired) electrons. The van der Waals surface area contributed by atoms with Crippen LogP contribution in [0.1, 0.15) is 40.2 Å². The number of alkyl carbamates (subject to hydrolysis) is 1. The highest BCUT2D eigenvalue weighted by atomic mass is 79.9. The molecule has 188 valence electrons. The zero-order valence-corrected chi connectivity index (χ0v) is 22.8. The van der Waals surface area contributed by atoms with Crippen molar-refractivity contribution in [2.45, 2.75) is 63.7 Å². The molecule has 0 heterocycles. The van der Waals surface area contributed by atoms with Crippen LogP contribution in [0.15, 0.2) is 64.0 Å². The third kappa shape index (κ3) is 9.02. The molecule has 1 amide bonds. The number of hydrogen-bond acceptors (Lipinski definition) is 5. The maximum atomic E-state index is 13.4. The van der Waals surface area contributed by atoms with Crippen LogP contribution in [-0.2, 0) is 21.2 Å². The maximum Gasteiger partial charge on any atom is 0.407 e. The van der Waals surface area contributed by atoms with Gasteiger partial charge < -0.3 is 15.2 Å². The normalized spacial score (nSPS) is 14.1. The quantitative estimate of drug-likeness (QED) is 0.447. The van der Waals surface area contributed by atoms with Gasteiger partial charge >= 0.3 is 6.09 Å². The van der Waals surface area contributed by atoms with Crippen LogP contribution in [0, 0.1) is 5.92 Å². The molecule has 9 heteroatoms. The lowest BCUT2D eigenvalue weighted by molar-refractivity contribution is 0.0400. The van der Waals surface area contributed by atoms with Gasteiger partial charge in [0.05, 0.1) is 17.0 Å². The van der Waals surface area contributed by atoms with Crippen molar-refractivity contribution in [1.29, 1.82) is 0 Å². The first-order valence-electron chi connectivity index (χ1n) is 11.2. The number of nitrogens with one attached hydrogen (secondary N) is 1. The minimum absolute atomic E-state index is 0.0313. The van der Waals surface area contributed by atoms with Gasteiger partial charge in [-0.3, -0.25) is 0 Å². The summed E-state index contributed by atoms with van der Waals surface area (Å²) >= 11 is 3.32. The number of carbonyl (C=O) groups is 1. The van der Waals surface area contributed by atoms with Crippen LogP contribution in [0.5, 0.6) is 0 Å². The molecule has 0 bridgehead atoms. The van der Waals surface area contributed by atoms with Crippen molar-refractivity contribution in [1.82, 2.24) is 9.62 Å². The molecule has 2 rings (SSSR count). The van der Waals surface area contributed by atoms with E-state index >= 15 is 0 Å². The number of nitrogens with zero attached hydrogens (tertiary/aromatic N) is 1. The lowest BCUT2D eigenvalue weighted by Gasteiger charge is -2.31. The summed E-state index contributed by atoms with van der Waals surface area (Å²) in [5, 5.41) is 13.9. The summed E-state index contributed by atoms with van der Waals surface area (Å²) < 4.78 is 34.2. The van der Waals surface area contributed by atoms with Crippen molar-refractivity contribution < 1.29 is 23.1 Å². The van der Waals surface area contributed by atoms with E-state index in [-0.39, 0.29) is 23.9 Å². The summed E-state index contributed by atoms with van der Waals surface area (Å²) in [5.41, 5.74) is 0.190. The molecule has 7 nitrogen and oxygen atoms in total. The number of amides is 1. The van der Waals surface area contributed by atoms with Crippen LogP contribution < -0.4 is 5.32 Å². The number of halogens is 1. The van der Waals surface area contributed by atoms with Gasteiger partial charge in [0.25, 0.3) is 0 Å². The summed E-state index contributed by atoms with van der Waals surface area (Å²) in [6.07, 6.45) is -1.52. The van der Waals surface area contributed by atoms with Crippen LogP contribution in [0.3, 0.4) is 0 Å². The van der Waals surface area contributed by atoms with Gasteiger partial charge in [-0.2, -0.15) is 4.31 Å². The molecule has 2 aromatic rings. The summed E-state index contributed by atoms with van der Waals surface area (Å²) in [4.78, 5) is 12.6. The Labute approximate surface area is 211 Å². The predicted molar refractivity (Wildman–Crippen MR) is 137 cm³/mol. The average Bonchev–Trinajstić information content (AvgIpc) is 2.72. The smallest absolute Gasteiger partial charge is 0.407 e. The minimum Gasteiger partial charge on any atom is -0.444 e. The SMILES string of the molecule is CC(C)CN(C[C@@H](O)[C@H](Cc1ccccc1)NC(=O)OC(C)(C)C)S(=O)(=O)c1ccc(Br)cc1.